The highest BCUT2D eigenvalue weighted by Crippen LogP contribution is 2.30. The van der Waals surface area contributed by atoms with E-state index in [1.165, 1.54) is 0 Å². The number of nitrogen functional groups attached to an aromatic ring is 1. The summed E-state index contributed by atoms with van der Waals surface area (Å²) >= 11 is 0. The Bertz CT molecular complexity index is 1640. The summed E-state index contributed by atoms with van der Waals surface area (Å²) in [6.45, 7) is 2.23. The minimum Gasteiger partial charge on any atom is -0.384 e. The maximum Gasteiger partial charge on any atom is 0.239 e. The molecule has 4 rings (SSSR count). The molecule has 0 saturated carbocycles. The van der Waals surface area contributed by atoms with Gasteiger partial charge in [-0.15, -0.1) is 0 Å². The zero-order valence-corrected chi connectivity index (χ0v) is 25.4. The number of H-pyrrole nitrogens is 1. The third-order valence-electron chi connectivity index (χ3n) is 7.14. The number of aromatic amines is 1. The molecule has 2 aromatic carbocycles. The number of fused-ring (bicyclic) bond motifs is 3. The van der Waals surface area contributed by atoms with E-state index < -0.39 is 11.8 Å². The first-order valence-corrected chi connectivity index (χ1v) is 14.9. The van der Waals surface area contributed by atoms with Gasteiger partial charge in [-0.2, -0.15) is 0 Å². The summed E-state index contributed by atoms with van der Waals surface area (Å²) in [5.41, 5.74) is 14.2. The Balaban J connectivity index is 1.26. The highest BCUT2D eigenvalue weighted by molar-refractivity contribution is 6.12. The summed E-state index contributed by atoms with van der Waals surface area (Å²) in [6.07, 6.45) is 2.22. The largest absolute Gasteiger partial charge is 0.384 e. The number of hydrogen-bond acceptors (Lipinski definition) is 9. The number of amidine groups is 1. The molecule has 14 nitrogen and oxygen atoms in total. The van der Waals surface area contributed by atoms with Crippen molar-refractivity contribution in [1.82, 2.24) is 35.8 Å². The summed E-state index contributed by atoms with van der Waals surface area (Å²) in [5.74, 6) is 0.277. The molecule has 45 heavy (non-hydrogen) atoms. The fourth-order valence-corrected chi connectivity index (χ4v) is 4.80. The van der Waals surface area contributed by atoms with Gasteiger partial charge in [-0.05, 0) is 44.6 Å². The Hall–Kier alpha value is -5.08. The minimum absolute atomic E-state index is 0.00638. The van der Waals surface area contributed by atoms with Crippen LogP contribution in [-0.2, 0) is 20.8 Å². The third kappa shape index (κ3) is 9.71. The molecule has 4 aromatic rings. The molecule has 0 unspecified atom stereocenters. The Labute approximate surface area is 261 Å². The van der Waals surface area contributed by atoms with E-state index in [9.17, 15) is 14.4 Å². The number of nitrogens with two attached hydrogens (primary N) is 2. The average molecular weight is 616 g/mol. The molecule has 3 amide bonds. The summed E-state index contributed by atoms with van der Waals surface area (Å²) < 4.78 is 0. The molecule has 0 aliphatic heterocycles. The lowest BCUT2D eigenvalue weighted by molar-refractivity contribution is -0.127. The van der Waals surface area contributed by atoms with Gasteiger partial charge in [0.2, 0.25) is 17.7 Å². The van der Waals surface area contributed by atoms with Crippen molar-refractivity contribution < 1.29 is 14.4 Å². The fourth-order valence-electron chi connectivity index (χ4n) is 4.80. The van der Waals surface area contributed by atoms with Gasteiger partial charge in [0.15, 0.2) is 0 Å². The lowest BCUT2D eigenvalue weighted by Crippen LogP contribution is -2.43. The Morgan fingerprint density at radius 3 is 2.31 bits per heavy atom. The van der Waals surface area contributed by atoms with Crippen molar-refractivity contribution >= 4 is 51.3 Å². The molecule has 238 valence electrons. The number of carbonyl (C=O) groups excluding carboxylic acids is 3. The summed E-state index contributed by atoms with van der Waals surface area (Å²) in [4.78, 5) is 50.0. The third-order valence-corrected chi connectivity index (χ3v) is 7.14. The van der Waals surface area contributed by atoms with Gasteiger partial charge in [0, 0.05) is 36.0 Å². The van der Waals surface area contributed by atoms with E-state index in [0.29, 0.717) is 30.9 Å². The van der Waals surface area contributed by atoms with Gasteiger partial charge in [0.05, 0.1) is 25.0 Å². The Morgan fingerprint density at radius 2 is 1.60 bits per heavy atom. The monoisotopic (exact) mass is 615 g/mol. The van der Waals surface area contributed by atoms with Crippen LogP contribution in [0.3, 0.4) is 0 Å². The van der Waals surface area contributed by atoms with Crippen molar-refractivity contribution in [1.29, 1.82) is 5.41 Å². The molecule has 0 spiro atoms. The Morgan fingerprint density at radius 1 is 0.911 bits per heavy atom. The van der Waals surface area contributed by atoms with Gasteiger partial charge in [-0.3, -0.25) is 19.8 Å². The second-order valence-corrected chi connectivity index (χ2v) is 10.7. The maximum atomic E-state index is 12.0. The van der Waals surface area contributed by atoms with Gasteiger partial charge in [-0.1, -0.05) is 42.5 Å². The van der Waals surface area contributed by atoms with Crippen LogP contribution in [0.4, 0.5) is 5.82 Å². The predicted molar refractivity (Wildman–Crippen MR) is 175 cm³/mol. The fraction of sp³-hybridized carbons (Fsp3) is 0.355. The molecule has 0 aliphatic carbocycles. The summed E-state index contributed by atoms with van der Waals surface area (Å²) in [5, 5.41) is 20.8. The second-order valence-electron chi connectivity index (χ2n) is 10.7. The number of nitrogens with one attached hydrogen (secondary N) is 6. The minimum atomic E-state index is -0.456. The molecule has 0 saturated heterocycles. The molecule has 0 atom stereocenters. The SMILES string of the molecule is CN(CCCNC(=O)CNC(=O)CNC(=O)CN)CCCNc1nc(Cc2ccccc2)nc2[nH]c3cc(C(=N)N)ccc3c12. The number of aromatic nitrogens is 3. The topological polar surface area (TPSA) is 220 Å². The zero-order chi connectivity index (χ0) is 32.2. The van der Waals surface area contributed by atoms with E-state index in [1.54, 1.807) is 0 Å². The smallest absolute Gasteiger partial charge is 0.239 e. The number of amides is 3. The van der Waals surface area contributed by atoms with Crippen molar-refractivity contribution in [2.24, 2.45) is 11.5 Å². The van der Waals surface area contributed by atoms with Crippen molar-refractivity contribution in [3.8, 4) is 0 Å². The van der Waals surface area contributed by atoms with Crippen LogP contribution >= 0.6 is 0 Å². The van der Waals surface area contributed by atoms with E-state index >= 15 is 0 Å². The first kappa shape index (κ1) is 32.8. The zero-order valence-electron chi connectivity index (χ0n) is 25.4. The quantitative estimate of drug-likeness (QED) is 0.0468. The van der Waals surface area contributed by atoms with Gasteiger partial charge in [0.1, 0.15) is 23.1 Å². The van der Waals surface area contributed by atoms with E-state index in [0.717, 1.165) is 59.2 Å². The molecule has 14 heteroatoms. The van der Waals surface area contributed by atoms with Crippen molar-refractivity contribution in [2.45, 2.75) is 19.3 Å². The van der Waals surface area contributed by atoms with Crippen LogP contribution in [0.2, 0.25) is 0 Å². The van der Waals surface area contributed by atoms with E-state index in [2.05, 4.69) is 43.3 Å². The van der Waals surface area contributed by atoms with Gasteiger partial charge < -0.3 is 42.6 Å². The molecule has 0 fully saturated rings. The van der Waals surface area contributed by atoms with Crippen molar-refractivity contribution in [3.05, 3.63) is 65.5 Å². The maximum absolute atomic E-state index is 12.0. The lowest BCUT2D eigenvalue weighted by Gasteiger charge is -2.17. The number of carbonyl (C=O) groups is 3. The van der Waals surface area contributed by atoms with Crippen LogP contribution in [0.15, 0.2) is 48.5 Å². The van der Waals surface area contributed by atoms with Crippen LogP contribution in [0.25, 0.3) is 21.9 Å². The molecular weight excluding hydrogens is 574 g/mol. The number of nitrogens with zero attached hydrogens (tertiary/aromatic N) is 3. The van der Waals surface area contributed by atoms with Crippen LogP contribution < -0.4 is 32.7 Å². The summed E-state index contributed by atoms with van der Waals surface area (Å²) in [6, 6.07) is 15.7. The van der Waals surface area contributed by atoms with Gasteiger partial charge >= 0.3 is 0 Å². The van der Waals surface area contributed by atoms with E-state index in [4.69, 9.17) is 26.8 Å². The number of rotatable bonds is 17. The van der Waals surface area contributed by atoms with Crippen molar-refractivity contribution in [3.63, 3.8) is 0 Å². The first-order chi connectivity index (χ1) is 21.7. The summed E-state index contributed by atoms with van der Waals surface area (Å²) in [7, 11) is 2.03. The number of anilines is 1. The molecule has 0 aliphatic rings. The number of benzene rings is 2. The van der Waals surface area contributed by atoms with Gasteiger partial charge in [0.25, 0.3) is 0 Å². The van der Waals surface area contributed by atoms with Crippen molar-refractivity contribution in [2.75, 3.05) is 58.2 Å². The normalized spacial score (nSPS) is 11.1. The van der Waals surface area contributed by atoms with E-state index in [1.807, 2.05) is 43.4 Å². The van der Waals surface area contributed by atoms with Crippen LogP contribution in [-0.4, -0.2) is 96.3 Å². The lowest BCUT2D eigenvalue weighted by atomic mass is 10.1. The van der Waals surface area contributed by atoms with Crippen LogP contribution in [0, 0.1) is 5.41 Å². The van der Waals surface area contributed by atoms with E-state index in [-0.39, 0.29) is 31.4 Å². The predicted octanol–water partition coefficient (Wildman–Crippen LogP) is 0.417. The van der Waals surface area contributed by atoms with Crippen LogP contribution in [0.5, 0.6) is 0 Å². The molecule has 0 radical (unpaired) electrons. The highest BCUT2D eigenvalue weighted by Gasteiger charge is 2.15. The second kappa shape index (κ2) is 16.1. The Kier molecular flexibility index (Phi) is 11.8. The van der Waals surface area contributed by atoms with Crippen LogP contribution in [0.1, 0.15) is 29.8 Å². The molecule has 2 heterocycles. The number of hydrogen-bond donors (Lipinski definition) is 8. The first-order valence-electron chi connectivity index (χ1n) is 14.9. The molecule has 0 bridgehead atoms. The average Bonchev–Trinajstić information content (AvgIpc) is 3.41. The standard InChI is InChI=1S/C31H41N11O3/c1-42(13-5-11-35-26(44)18-38-27(45)19-37-25(43)17-32)14-6-12-36-30-28-22-10-9-21(29(33)34)16-23(22)39-31(28)41-24(40-30)15-20-7-3-2-4-8-20/h2-4,7-10,16H,5-6,11-15,17-19,32H2,1H3,(H3,33,34)(H,35,44)(H,37,43)(H,38,45)(H2,36,39,40,41). The molecule has 10 N–H and O–H groups in total. The molecular formula is C31H41N11O3. The van der Waals surface area contributed by atoms with Gasteiger partial charge in [-0.25, -0.2) is 9.97 Å². The highest BCUT2D eigenvalue weighted by atomic mass is 16.2. The molecule has 2 aromatic heterocycles.